The summed E-state index contributed by atoms with van der Waals surface area (Å²) in [6.07, 6.45) is 0.520. The summed E-state index contributed by atoms with van der Waals surface area (Å²) in [5.41, 5.74) is 4.06. The fourth-order valence-electron chi connectivity index (χ4n) is 5.17. The van der Waals surface area contributed by atoms with Crippen molar-refractivity contribution in [2.75, 3.05) is 51.1 Å². The molecule has 1 aliphatic rings. The maximum atomic E-state index is 13.6. The Bertz CT molecular complexity index is 1270. The SMILES string of the molecule is C=C(CN1CCN(C(=O)OC(C)(C)C)CC1)CN(CCC(c1ccccc1)c1ccccc1)C(=O)Nc1cc(C)cs1. The number of piperazine rings is 1. The lowest BCUT2D eigenvalue weighted by molar-refractivity contribution is 0.0151. The van der Waals surface area contributed by atoms with Gasteiger partial charge in [0.05, 0.1) is 5.00 Å². The Morgan fingerprint density at radius 2 is 1.60 bits per heavy atom. The number of carbonyl (C=O) groups excluding carboxylic acids is 2. The summed E-state index contributed by atoms with van der Waals surface area (Å²) in [7, 11) is 0. The molecule has 1 aliphatic heterocycles. The lowest BCUT2D eigenvalue weighted by Crippen LogP contribution is -2.50. The molecule has 8 heteroatoms. The summed E-state index contributed by atoms with van der Waals surface area (Å²) in [6, 6.07) is 22.9. The first kappa shape index (κ1) is 31.3. The Balaban J connectivity index is 1.41. The van der Waals surface area contributed by atoms with Crippen molar-refractivity contribution < 1.29 is 14.3 Å². The van der Waals surface area contributed by atoms with E-state index < -0.39 is 5.60 Å². The molecular formula is C34H44N4O3S. The molecule has 0 radical (unpaired) electrons. The van der Waals surface area contributed by atoms with Gasteiger partial charge in [-0.15, -0.1) is 11.3 Å². The summed E-state index contributed by atoms with van der Waals surface area (Å²) < 4.78 is 5.53. The summed E-state index contributed by atoms with van der Waals surface area (Å²) in [5.74, 6) is 0.167. The van der Waals surface area contributed by atoms with Gasteiger partial charge < -0.3 is 14.5 Å². The number of hydrogen-bond donors (Lipinski definition) is 1. The third-order valence-corrected chi connectivity index (χ3v) is 8.19. The number of hydrogen-bond acceptors (Lipinski definition) is 5. The molecule has 3 amide bonds. The van der Waals surface area contributed by atoms with E-state index in [1.54, 1.807) is 4.90 Å². The predicted molar refractivity (Wildman–Crippen MR) is 172 cm³/mol. The zero-order valence-electron chi connectivity index (χ0n) is 25.3. The van der Waals surface area contributed by atoms with Gasteiger partial charge in [-0.25, -0.2) is 9.59 Å². The number of rotatable bonds is 10. The van der Waals surface area contributed by atoms with Crippen molar-refractivity contribution >= 4 is 28.5 Å². The van der Waals surface area contributed by atoms with Crippen molar-refractivity contribution in [3.05, 3.63) is 101 Å². The molecule has 7 nitrogen and oxygen atoms in total. The monoisotopic (exact) mass is 588 g/mol. The first-order valence-electron chi connectivity index (χ1n) is 14.7. The van der Waals surface area contributed by atoms with Gasteiger partial charge in [0, 0.05) is 51.7 Å². The number of thiophene rings is 1. The molecule has 4 rings (SSSR count). The van der Waals surface area contributed by atoms with Gasteiger partial charge in [0.1, 0.15) is 5.60 Å². The van der Waals surface area contributed by atoms with E-state index in [4.69, 9.17) is 4.74 Å². The molecule has 1 fully saturated rings. The minimum absolute atomic E-state index is 0.118. The maximum Gasteiger partial charge on any atom is 0.410 e. The Kier molecular flexibility index (Phi) is 10.8. The normalized spacial score (nSPS) is 14.1. The topological polar surface area (TPSA) is 65.1 Å². The van der Waals surface area contributed by atoms with E-state index in [9.17, 15) is 9.59 Å². The summed E-state index contributed by atoms with van der Waals surface area (Å²) in [4.78, 5) is 32.0. The maximum absolute atomic E-state index is 13.6. The van der Waals surface area contributed by atoms with Crippen LogP contribution in [0.5, 0.6) is 0 Å². The Labute approximate surface area is 254 Å². The second-order valence-corrected chi connectivity index (χ2v) is 12.9. The van der Waals surface area contributed by atoms with Crippen molar-refractivity contribution in [3.63, 3.8) is 0 Å². The molecule has 0 atom stereocenters. The van der Waals surface area contributed by atoms with Gasteiger partial charge in [-0.2, -0.15) is 0 Å². The zero-order valence-corrected chi connectivity index (χ0v) is 26.2. The van der Waals surface area contributed by atoms with Crippen molar-refractivity contribution in [2.24, 2.45) is 0 Å². The number of ether oxygens (including phenoxy) is 1. The van der Waals surface area contributed by atoms with Gasteiger partial charge in [0.2, 0.25) is 0 Å². The molecule has 0 bridgehead atoms. The number of nitrogens with one attached hydrogen (secondary N) is 1. The summed E-state index contributed by atoms with van der Waals surface area (Å²) in [6.45, 7) is 16.4. The molecule has 2 heterocycles. The van der Waals surface area contributed by atoms with Crippen molar-refractivity contribution in [1.82, 2.24) is 14.7 Å². The van der Waals surface area contributed by atoms with E-state index in [0.717, 1.165) is 35.6 Å². The highest BCUT2D eigenvalue weighted by Gasteiger charge is 2.27. The molecule has 1 saturated heterocycles. The molecule has 0 spiro atoms. The number of anilines is 1. The van der Waals surface area contributed by atoms with Crippen LogP contribution < -0.4 is 5.32 Å². The van der Waals surface area contributed by atoms with Crippen LogP contribution >= 0.6 is 11.3 Å². The number of aryl methyl sites for hydroxylation is 1. The van der Waals surface area contributed by atoms with E-state index >= 15 is 0 Å². The molecule has 3 aromatic rings. The quantitative estimate of drug-likeness (QED) is 0.254. The zero-order chi connectivity index (χ0) is 30.1. The fraction of sp³-hybridized carbons (Fsp3) is 0.412. The van der Waals surface area contributed by atoms with Crippen LogP contribution in [0, 0.1) is 6.92 Å². The minimum atomic E-state index is -0.506. The third kappa shape index (κ3) is 9.46. The van der Waals surface area contributed by atoms with Crippen molar-refractivity contribution in [2.45, 2.75) is 45.6 Å². The molecular weight excluding hydrogens is 544 g/mol. The van der Waals surface area contributed by atoms with Crippen LogP contribution in [0.2, 0.25) is 0 Å². The molecule has 42 heavy (non-hydrogen) atoms. The van der Waals surface area contributed by atoms with E-state index in [2.05, 4.69) is 65.3 Å². The lowest BCUT2D eigenvalue weighted by Gasteiger charge is -2.36. The molecule has 224 valence electrons. The number of nitrogens with zero attached hydrogens (tertiary/aromatic N) is 3. The van der Waals surface area contributed by atoms with Crippen LogP contribution in [0.15, 0.2) is 84.3 Å². The Morgan fingerprint density at radius 3 is 2.12 bits per heavy atom. The van der Waals surface area contributed by atoms with Crippen LogP contribution in [0.3, 0.4) is 0 Å². The van der Waals surface area contributed by atoms with Crippen LogP contribution in [-0.2, 0) is 4.74 Å². The van der Waals surface area contributed by atoms with Gasteiger partial charge in [-0.05, 0) is 67.8 Å². The van der Waals surface area contributed by atoms with Crippen LogP contribution in [0.4, 0.5) is 14.6 Å². The Hall–Kier alpha value is -3.62. The van der Waals surface area contributed by atoms with Crippen LogP contribution in [0.25, 0.3) is 0 Å². The van der Waals surface area contributed by atoms with E-state index in [-0.39, 0.29) is 18.0 Å². The molecule has 1 N–H and O–H groups in total. The van der Waals surface area contributed by atoms with Gasteiger partial charge in [0.15, 0.2) is 0 Å². The van der Waals surface area contributed by atoms with E-state index in [1.807, 2.05) is 56.2 Å². The Morgan fingerprint density at radius 1 is 1.00 bits per heavy atom. The second kappa shape index (κ2) is 14.5. The minimum Gasteiger partial charge on any atom is -0.444 e. The fourth-order valence-corrected chi connectivity index (χ4v) is 5.95. The molecule has 2 aromatic carbocycles. The first-order chi connectivity index (χ1) is 20.1. The van der Waals surface area contributed by atoms with E-state index in [0.29, 0.717) is 32.7 Å². The predicted octanol–water partition coefficient (Wildman–Crippen LogP) is 7.22. The summed E-state index contributed by atoms with van der Waals surface area (Å²) in [5, 5.41) is 5.98. The smallest absolute Gasteiger partial charge is 0.410 e. The molecule has 1 aromatic heterocycles. The first-order valence-corrected chi connectivity index (χ1v) is 15.5. The van der Waals surface area contributed by atoms with Gasteiger partial charge in [0.25, 0.3) is 0 Å². The second-order valence-electron chi connectivity index (χ2n) is 12.0. The standard InChI is InChI=1S/C34H44N4O3S/c1-26-22-31(42-25-26)35-32(39)38(17-16-30(28-12-8-6-9-13-28)29-14-10-7-11-15-29)24-27(2)23-36-18-20-37(21-19-36)33(40)41-34(3,4)5/h6-15,22,25,30H,2,16-21,23-24H2,1,3-5H3,(H,35,39). The number of amides is 3. The summed E-state index contributed by atoms with van der Waals surface area (Å²) >= 11 is 1.53. The van der Waals surface area contributed by atoms with E-state index in [1.165, 1.54) is 22.5 Å². The average Bonchev–Trinajstić information content (AvgIpc) is 3.37. The highest BCUT2D eigenvalue weighted by Crippen LogP contribution is 2.29. The molecule has 0 unspecified atom stereocenters. The highest BCUT2D eigenvalue weighted by atomic mass is 32.1. The lowest BCUT2D eigenvalue weighted by atomic mass is 9.88. The number of benzene rings is 2. The average molecular weight is 589 g/mol. The van der Waals surface area contributed by atoms with Gasteiger partial charge >= 0.3 is 12.1 Å². The van der Waals surface area contributed by atoms with Gasteiger partial charge in [-0.1, -0.05) is 67.2 Å². The largest absolute Gasteiger partial charge is 0.444 e. The van der Waals surface area contributed by atoms with Crippen LogP contribution in [0.1, 0.15) is 49.8 Å². The number of urea groups is 1. The van der Waals surface area contributed by atoms with Gasteiger partial charge in [-0.3, -0.25) is 10.2 Å². The highest BCUT2D eigenvalue weighted by molar-refractivity contribution is 7.14. The molecule has 0 aliphatic carbocycles. The van der Waals surface area contributed by atoms with Crippen molar-refractivity contribution in [1.29, 1.82) is 0 Å². The van der Waals surface area contributed by atoms with Crippen LogP contribution in [-0.4, -0.2) is 78.2 Å². The number of carbonyl (C=O) groups is 2. The molecule has 0 saturated carbocycles. The third-order valence-electron chi connectivity index (χ3n) is 7.23. The van der Waals surface area contributed by atoms with Crippen molar-refractivity contribution in [3.8, 4) is 0 Å².